The summed E-state index contributed by atoms with van der Waals surface area (Å²) in [5.41, 5.74) is 4.99. The summed E-state index contributed by atoms with van der Waals surface area (Å²) in [5, 5.41) is 5.06. The number of nitrogens with one attached hydrogen (secondary N) is 1. The van der Waals surface area contributed by atoms with E-state index in [-0.39, 0.29) is 5.91 Å². The summed E-state index contributed by atoms with van der Waals surface area (Å²) in [6.45, 7) is 2.18. The summed E-state index contributed by atoms with van der Waals surface area (Å²) in [7, 11) is 0. The second kappa shape index (κ2) is 7.72. The van der Waals surface area contributed by atoms with Gasteiger partial charge < -0.3 is 10.2 Å². The van der Waals surface area contributed by atoms with E-state index in [9.17, 15) is 4.79 Å². The fourth-order valence-electron chi connectivity index (χ4n) is 3.83. The van der Waals surface area contributed by atoms with Gasteiger partial charge in [0.1, 0.15) is 0 Å². The molecule has 1 fully saturated rings. The molecule has 4 aromatic rings. The number of rotatable bonds is 5. The predicted molar refractivity (Wildman–Crippen MR) is 119 cm³/mol. The van der Waals surface area contributed by atoms with Gasteiger partial charge in [0.2, 0.25) is 5.91 Å². The van der Waals surface area contributed by atoms with Gasteiger partial charge in [0, 0.05) is 47.3 Å². The smallest absolute Gasteiger partial charge is 0.230 e. The Kier molecular flexibility index (Phi) is 4.77. The molecule has 2 aromatic heterocycles. The van der Waals surface area contributed by atoms with Crippen molar-refractivity contribution in [3.8, 4) is 11.3 Å². The lowest BCUT2D eigenvalue weighted by atomic mass is 10.2. The first-order valence-electron chi connectivity index (χ1n) is 9.92. The average Bonchev–Trinajstić information content (AvgIpc) is 3.48. The molecule has 1 saturated heterocycles. The fourth-order valence-corrected chi connectivity index (χ4v) is 4.70. The zero-order chi connectivity index (χ0) is 19.6. The van der Waals surface area contributed by atoms with Gasteiger partial charge in [-0.05, 0) is 31.0 Å². The Morgan fingerprint density at radius 1 is 1.07 bits per heavy atom. The van der Waals surface area contributed by atoms with Gasteiger partial charge in [-0.2, -0.15) is 0 Å². The molecule has 0 saturated carbocycles. The maximum atomic E-state index is 12.7. The van der Waals surface area contributed by atoms with Crippen LogP contribution in [0.5, 0.6) is 0 Å². The van der Waals surface area contributed by atoms with Crippen LogP contribution < -0.4 is 10.2 Å². The van der Waals surface area contributed by atoms with Crippen molar-refractivity contribution in [3.63, 3.8) is 0 Å². The minimum Gasteiger partial charge on any atom is -0.371 e. The Balaban J connectivity index is 1.31. The highest BCUT2D eigenvalue weighted by atomic mass is 32.1. The number of nitrogens with zero attached hydrogens (tertiary/aromatic N) is 3. The van der Waals surface area contributed by atoms with Crippen molar-refractivity contribution in [2.75, 3.05) is 23.3 Å². The van der Waals surface area contributed by atoms with Crippen LogP contribution >= 0.6 is 11.3 Å². The van der Waals surface area contributed by atoms with Crippen LogP contribution in [0.25, 0.3) is 16.2 Å². The second-order valence-corrected chi connectivity index (χ2v) is 8.18. The van der Waals surface area contributed by atoms with Gasteiger partial charge in [0.15, 0.2) is 4.96 Å². The summed E-state index contributed by atoms with van der Waals surface area (Å²) in [4.78, 5) is 20.6. The van der Waals surface area contributed by atoms with E-state index in [4.69, 9.17) is 4.98 Å². The van der Waals surface area contributed by atoms with Crippen molar-refractivity contribution < 1.29 is 4.79 Å². The monoisotopic (exact) mass is 402 g/mol. The van der Waals surface area contributed by atoms with E-state index in [1.54, 1.807) is 11.3 Å². The molecular formula is C23H22N4OS. The normalized spacial score (nSPS) is 13.9. The summed E-state index contributed by atoms with van der Waals surface area (Å²) in [5.74, 6) is -0.0155. The van der Waals surface area contributed by atoms with Crippen molar-refractivity contribution in [3.05, 3.63) is 71.9 Å². The maximum absolute atomic E-state index is 12.7. The molecule has 5 nitrogen and oxygen atoms in total. The lowest BCUT2D eigenvalue weighted by Crippen LogP contribution is -2.19. The minimum absolute atomic E-state index is 0.0155. The molecule has 0 aliphatic carbocycles. The lowest BCUT2D eigenvalue weighted by molar-refractivity contribution is -0.115. The van der Waals surface area contributed by atoms with Gasteiger partial charge in [0.05, 0.1) is 12.1 Å². The number of benzene rings is 2. The number of aromatic nitrogens is 2. The van der Waals surface area contributed by atoms with Crippen LogP contribution in [-0.4, -0.2) is 28.4 Å². The van der Waals surface area contributed by atoms with Crippen molar-refractivity contribution in [2.45, 2.75) is 19.3 Å². The predicted octanol–water partition coefficient (Wildman–Crippen LogP) is 4.84. The minimum atomic E-state index is -0.0155. The molecule has 2 aromatic carbocycles. The molecule has 0 atom stereocenters. The van der Waals surface area contributed by atoms with Crippen LogP contribution in [0.3, 0.4) is 0 Å². The fraction of sp³-hybridized carbons (Fsp3) is 0.217. The Hall–Kier alpha value is -3.12. The Bertz CT molecular complexity index is 1140. The molecule has 5 rings (SSSR count). The quantitative estimate of drug-likeness (QED) is 0.519. The number of hydrogen-bond donors (Lipinski definition) is 1. The molecule has 0 unspecified atom stereocenters. The standard InChI is InChI=1S/C23H22N4OS/c28-22(24-18-9-6-10-19(13-18)26-11-4-5-12-26)14-20-16-29-23-25-21(15-27(20)23)17-7-2-1-3-8-17/h1-3,6-10,13,15-16H,4-5,11-12,14H2,(H,24,28). The van der Waals surface area contributed by atoms with Gasteiger partial charge >= 0.3 is 0 Å². The molecule has 1 aliphatic rings. The molecule has 1 aliphatic heterocycles. The Morgan fingerprint density at radius 3 is 2.72 bits per heavy atom. The number of hydrogen-bond acceptors (Lipinski definition) is 4. The van der Waals surface area contributed by atoms with Crippen LogP contribution in [0.2, 0.25) is 0 Å². The van der Waals surface area contributed by atoms with E-state index in [0.29, 0.717) is 6.42 Å². The lowest BCUT2D eigenvalue weighted by Gasteiger charge is -2.18. The molecule has 6 heteroatoms. The van der Waals surface area contributed by atoms with Crippen molar-refractivity contribution in [1.29, 1.82) is 0 Å². The van der Waals surface area contributed by atoms with E-state index in [1.807, 2.05) is 58.4 Å². The largest absolute Gasteiger partial charge is 0.371 e. The van der Waals surface area contributed by atoms with Crippen LogP contribution in [-0.2, 0) is 11.2 Å². The van der Waals surface area contributed by atoms with Gasteiger partial charge in [-0.25, -0.2) is 4.98 Å². The zero-order valence-electron chi connectivity index (χ0n) is 16.0. The molecule has 146 valence electrons. The SMILES string of the molecule is O=C(Cc1csc2nc(-c3ccccc3)cn12)Nc1cccc(N2CCCC2)c1. The molecule has 1 N–H and O–H groups in total. The van der Waals surface area contributed by atoms with Gasteiger partial charge in [-0.15, -0.1) is 11.3 Å². The molecule has 3 heterocycles. The van der Waals surface area contributed by atoms with E-state index < -0.39 is 0 Å². The molecule has 29 heavy (non-hydrogen) atoms. The van der Waals surface area contributed by atoms with Gasteiger partial charge in [0.25, 0.3) is 0 Å². The van der Waals surface area contributed by atoms with Crippen molar-refractivity contribution in [2.24, 2.45) is 0 Å². The van der Waals surface area contributed by atoms with Crippen LogP contribution in [0.1, 0.15) is 18.5 Å². The molecule has 0 bridgehead atoms. The first-order chi connectivity index (χ1) is 14.3. The Labute approximate surface area is 173 Å². The Morgan fingerprint density at radius 2 is 1.90 bits per heavy atom. The molecule has 0 spiro atoms. The number of thiazole rings is 1. The van der Waals surface area contributed by atoms with Crippen LogP contribution in [0, 0.1) is 0 Å². The summed E-state index contributed by atoms with van der Waals surface area (Å²) in [6, 6.07) is 18.2. The first-order valence-corrected chi connectivity index (χ1v) is 10.8. The molecule has 1 amide bonds. The topological polar surface area (TPSA) is 49.6 Å². The highest BCUT2D eigenvalue weighted by Gasteiger charge is 2.15. The highest BCUT2D eigenvalue weighted by Crippen LogP contribution is 2.25. The number of carbonyl (C=O) groups is 1. The highest BCUT2D eigenvalue weighted by molar-refractivity contribution is 7.15. The summed E-state index contributed by atoms with van der Waals surface area (Å²) in [6.07, 6.45) is 4.80. The third-order valence-electron chi connectivity index (χ3n) is 5.30. The third-order valence-corrected chi connectivity index (χ3v) is 6.18. The second-order valence-electron chi connectivity index (χ2n) is 7.34. The van der Waals surface area contributed by atoms with E-state index in [0.717, 1.165) is 40.7 Å². The molecular weight excluding hydrogens is 380 g/mol. The zero-order valence-corrected chi connectivity index (χ0v) is 16.9. The third kappa shape index (κ3) is 3.76. The van der Waals surface area contributed by atoms with E-state index in [1.165, 1.54) is 18.5 Å². The van der Waals surface area contributed by atoms with Gasteiger partial charge in [-0.1, -0.05) is 36.4 Å². The summed E-state index contributed by atoms with van der Waals surface area (Å²) < 4.78 is 2.02. The van der Waals surface area contributed by atoms with Crippen LogP contribution in [0.15, 0.2) is 66.2 Å². The van der Waals surface area contributed by atoms with E-state index >= 15 is 0 Å². The average molecular weight is 403 g/mol. The van der Waals surface area contributed by atoms with Gasteiger partial charge in [-0.3, -0.25) is 9.20 Å². The number of imidazole rings is 1. The number of fused-ring (bicyclic) bond motifs is 1. The van der Waals surface area contributed by atoms with Crippen molar-refractivity contribution >= 4 is 33.6 Å². The van der Waals surface area contributed by atoms with Crippen molar-refractivity contribution in [1.82, 2.24) is 9.38 Å². The summed E-state index contributed by atoms with van der Waals surface area (Å²) >= 11 is 1.56. The number of carbonyl (C=O) groups excluding carboxylic acids is 1. The number of anilines is 2. The molecule has 0 radical (unpaired) electrons. The number of amides is 1. The maximum Gasteiger partial charge on any atom is 0.230 e. The first kappa shape index (κ1) is 17.9. The van der Waals surface area contributed by atoms with E-state index in [2.05, 4.69) is 22.3 Å². The van der Waals surface area contributed by atoms with Crippen LogP contribution in [0.4, 0.5) is 11.4 Å².